The molecule has 1 N–H and O–H groups in total. The summed E-state index contributed by atoms with van der Waals surface area (Å²) in [5, 5.41) is 4.24. The molecule has 2 atom stereocenters. The molecule has 1 saturated carbocycles. The van der Waals surface area contributed by atoms with Gasteiger partial charge < -0.3 is 19.5 Å². The lowest BCUT2D eigenvalue weighted by Gasteiger charge is -2.19. The van der Waals surface area contributed by atoms with E-state index in [0.29, 0.717) is 55.1 Å². The van der Waals surface area contributed by atoms with Crippen molar-refractivity contribution in [1.82, 2.24) is 9.97 Å². The van der Waals surface area contributed by atoms with Crippen LogP contribution >= 0.6 is 0 Å². The maximum atomic E-state index is 13.5. The summed E-state index contributed by atoms with van der Waals surface area (Å²) < 4.78 is 44.2. The average molecular weight is 441 g/mol. The smallest absolute Gasteiger partial charge is 0.255 e. The van der Waals surface area contributed by atoms with E-state index in [0.717, 1.165) is 16.5 Å². The number of benzene rings is 2. The number of fused-ring (bicyclic) bond motifs is 2. The summed E-state index contributed by atoms with van der Waals surface area (Å²) in [6.45, 7) is 5.67. The molecule has 1 aliphatic heterocycles. The van der Waals surface area contributed by atoms with Gasteiger partial charge in [0.1, 0.15) is 24.9 Å². The van der Waals surface area contributed by atoms with E-state index in [-0.39, 0.29) is 12.5 Å². The Kier molecular flexibility index (Phi) is 5.33. The largest absolute Gasteiger partial charge is 0.487 e. The second kappa shape index (κ2) is 8.16. The second-order valence-corrected chi connectivity index (χ2v) is 8.30. The number of nitrogens with one attached hydrogen (secondary N) is 1. The van der Waals surface area contributed by atoms with Gasteiger partial charge >= 0.3 is 0 Å². The highest BCUT2D eigenvalue weighted by atomic mass is 19.3. The first kappa shape index (κ1) is 20.9. The van der Waals surface area contributed by atoms with Crippen LogP contribution in [-0.4, -0.2) is 42.3 Å². The highest BCUT2D eigenvalue weighted by Gasteiger charge is 2.57. The lowest BCUT2D eigenvalue weighted by molar-refractivity contribution is 0.0877. The fraction of sp³-hybridized carbons (Fsp3) is 0.417. The standard InChI is InChI=1S/C24H25F2N3O3/c1-14(16-4-3-5-17(10-16)19-13-24(19,25)26)27-23-18-11-21-22(12-20(18)28-15(2)29-23)32-9-7-30-6-8-31-21/h3-5,10-12,14,19H,6-9,13H2,1-2H3,(H,27,28,29). The normalized spacial score (nSPS) is 20.7. The van der Waals surface area contributed by atoms with Gasteiger partial charge in [0.25, 0.3) is 5.92 Å². The lowest BCUT2D eigenvalue weighted by Crippen LogP contribution is -2.10. The van der Waals surface area contributed by atoms with Crippen molar-refractivity contribution in [3.63, 3.8) is 0 Å². The number of nitrogens with zero attached hydrogens (tertiary/aromatic N) is 2. The van der Waals surface area contributed by atoms with Crippen molar-refractivity contribution in [3.05, 3.63) is 53.3 Å². The molecule has 2 aromatic carbocycles. The molecule has 0 radical (unpaired) electrons. The van der Waals surface area contributed by atoms with Crippen LogP contribution in [0.1, 0.15) is 42.3 Å². The van der Waals surface area contributed by atoms with Crippen molar-refractivity contribution >= 4 is 16.7 Å². The fourth-order valence-electron chi connectivity index (χ4n) is 4.02. The number of hydrogen-bond donors (Lipinski definition) is 1. The van der Waals surface area contributed by atoms with E-state index in [1.165, 1.54) is 0 Å². The summed E-state index contributed by atoms with van der Waals surface area (Å²) in [6, 6.07) is 11.0. The van der Waals surface area contributed by atoms with Crippen LogP contribution in [0.5, 0.6) is 11.5 Å². The van der Waals surface area contributed by atoms with Gasteiger partial charge in [0, 0.05) is 23.9 Å². The summed E-state index contributed by atoms with van der Waals surface area (Å²) in [7, 11) is 0. The van der Waals surface area contributed by atoms with Gasteiger partial charge in [-0.25, -0.2) is 18.7 Å². The number of hydrogen-bond acceptors (Lipinski definition) is 6. The van der Waals surface area contributed by atoms with E-state index in [4.69, 9.17) is 14.2 Å². The van der Waals surface area contributed by atoms with E-state index in [2.05, 4.69) is 15.3 Å². The minimum absolute atomic E-state index is 0.0772. The molecule has 2 aliphatic rings. The molecule has 5 rings (SSSR count). The van der Waals surface area contributed by atoms with Gasteiger partial charge in [-0.1, -0.05) is 24.3 Å². The molecule has 1 fully saturated rings. The summed E-state index contributed by atoms with van der Waals surface area (Å²) >= 11 is 0. The van der Waals surface area contributed by atoms with Gasteiger partial charge in [-0.15, -0.1) is 0 Å². The zero-order chi connectivity index (χ0) is 22.3. The average Bonchev–Trinajstić information content (AvgIpc) is 3.37. The highest BCUT2D eigenvalue weighted by Crippen LogP contribution is 2.55. The van der Waals surface area contributed by atoms with Crippen LogP contribution in [0.25, 0.3) is 10.9 Å². The Balaban J connectivity index is 1.46. The molecular formula is C24H25F2N3O3. The Bertz CT molecular complexity index is 1150. The quantitative estimate of drug-likeness (QED) is 0.613. The molecule has 168 valence electrons. The third kappa shape index (κ3) is 4.19. The molecule has 0 spiro atoms. The van der Waals surface area contributed by atoms with Crippen molar-refractivity contribution in [2.24, 2.45) is 0 Å². The topological polar surface area (TPSA) is 65.5 Å². The number of halogens is 2. The Morgan fingerprint density at radius 3 is 2.47 bits per heavy atom. The van der Waals surface area contributed by atoms with Crippen LogP contribution in [0.3, 0.4) is 0 Å². The van der Waals surface area contributed by atoms with Crippen LogP contribution in [0.4, 0.5) is 14.6 Å². The molecule has 0 saturated heterocycles. The van der Waals surface area contributed by atoms with Crippen molar-refractivity contribution in [2.75, 3.05) is 31.7 Å². The summed E-state index contributed by atoms with van der Waals surface area (Å²) in [4.78, 5) is 9.17. The summed E-state index contributed by atoms with van der Waals surface area (Å²) in [6.07, 6.45) is -0.0772. The van der Waals surface area contributed by atoms with Crippen LogP contribution in [0.2, 0.25) is 0 Å². The number of anilines is 1. The molecule has 1 aromatic heterocycles. The number of ether oxygens (including phenoxy) is 3. The first-order chi connectivity index (χ1) is 15.4. The maximum Gasteiger partial charge on any atom is 0.255 e. The predicted molar refractivity (Wildman–Crippen MR) is 117 cm³/mol. The number of rotatable bonds is 4. The van der Waals surface area contributed by atoms with Gasteiger partial charge in [0.15, 0.2) is 11.5 Å². The molecule has 6 nitrogen and oxygen atoms in total. The van der Waals surface area contributed by atoms with Gasteiger partial charge in [-0.3, -0.25) is 0 Å². The molecular weight excluding hydrogens is 416 g/mol. The van der Waals surface area contributed by atoms with E-state index < -0.39 is 11.8 Å². The monoisotopic (exact) mass is 441 g/mol. The molecule has 0 bridgehead atoms. The molecule has 2 heterocycles. The number of alkyl halides is 2. The maximum absolute atomic E-state index is 13.5. The number of aryl methyl sites for hydroxylation is 1. The minimum Gasteiger partial charge on any atom is -0.487 e. The summed E-state index contributed by atoms with van der Waals surface area (Å²) in [5.41, 5.74) is 2.34. The molecule has 1 aliphatic carbocycles. The van der Waals surface area contributed by atoms with E-state index in [1.807, 2.05) is 44.2 Å². The molecule has 32 heavy (non-hydrogen) atoms. The Hall–Kier alpha value is -3.00. The van der Waals surface area contributed by atoms with Crippen molar-refractivity contribution in [2.45, 2.75) is 38.2 Å². The Morgan fingerprint density at radius 2 is 1.75 bits per heavy atom. The first-order valence-electron chi connectivity index (χ1n) is 10.8. The van der Waals surface area contributed by atoms with Crippen molar-refractivity contribution in [1.29, 1.82) is 0 Å². The third-order valence-electron chi connectivity index (χ3n) is 5.84. The number of aromatic nitrogens is 2. The zero-order valence-electron chi connectivity index (χ0n) is 18.0. The van der Waals surface area contributed by atoms with E-state index in [1.54, 1.807) is 6.07 Å². The lowest BCUT2D eigenvalue weighted by atomic mass is 10.0. The van der Waals surface area contributed by atoms with Gasteiger partial charge in [0.05, 0.1) is 24.6 Å². The van der Waals surface area contributed by atoms with Crippen LogP contribution < -0.4 is 14.8 Å². The van der Waals surface area contributed by atoms with Crippen LogP contribution in [0.15, 0.2) is 36.4 Å². The molecule has 3 aromatic rings. The van der Waals surface area contributed by atoms with Gasteiger partial charge in [0.2, 0.25) is 0 Å². The molecule has 0 amide bonds. The van der Waals surface area contributed by atoms with Crippen molar-refractivity contribution in [3.8, 4) is 11.5 Å². The van der Waals surface area contributed by atoms with Crippen molar-refractivity contribution < 1.29 is 23.0 Å². The Labute approximate surface area is 184 Å². The Morgan fingerprint density at radius 1 is 1.03 bits per heavy atom. The van der Waals surface area contributed by atoms with E-state index in [9.17, 15) is 8.78 Å². The minimum atomic E-state index is -2.59. The third-order valence-corrected chi connectivity index (χ3v) is 5.84. The summed E-state index contributed by atoms with van der Waals surface area (Å²) in [5.74, 6) is -0.753. The molecule has 8 heteroatoms. The van der Waals surface area contributed by atoms with Gasteiger partial charge in [-0.05, 0) is 31.0 Å². The van der Waals surface area contributed by atoms with Gasteiger partial charge in [-0.2, -0.15) is 0 Å². The van der Waals surface area contributed by atoms with E-state index >= 15 is 0 Å². The van der Waals surface area contributed by atoms with Crippen LogP contribution in [-0.2, 0) is 4.74 Å². The fourth-order valence-corrected chi connectivity index (χ4v) is 4.02. The zero-order valence-corrected chi connectivity index (χ0v) is 18.0. The van der Waals surface area contributed by atoms with Crippen LogP contribution in [0, 0.1) is 6.92 Å². The first-order valence-corrected chi connectivity index (χ1v) is 10.8. The molecule has 2 unspecified atom stereocenters. The highest BCUT2D eigenvalue weighted by molar-refractivity contribution is 5.92. The predicted octanol–water partition coefficient (Wildman–Crippen LogP) is 5.02. The SMILES string of the molecule is Cc1nc(NC(C)c2cccc(C3CC3(F)F)c2)c2cc3c(cc2n1)OCCOCCO3. The second-order valence-electron chi connectivity index (χ2n) is 8.30.